The Labute approximate surface area is 104 Å². The Bertz CT molecular complexity index is 660. The number of nitrogens with zero attached hydrogens (tertiary/aromatic N) is 1. The van der Waals surface area contributed by atoms with Crippen molar-refractivity contribution in [2.75, 3.05) is 5.73 Å². The Morgan fingerprint density at radius 1 is 1.29 bits per heavy atom. The fourth-order valence-corrected chi connectivity index (χ4v) is 4.34. The lowest BCUT2D eigenvalue weighted by atomic mass is 10.2. The molecule has 0 atom stereocenters. The zero-order chi connectivity index (χ0) is 12.6. The number of rotatable bonds is 2. The zero-order valence-corrected chi connectivity index (χ0v) is 11.1. The number of aromatic nitrogens is 1. The monoisotopic (exact) mass is 268 g/mol. The molecule has 0 aliphatic heterocycles. The van der Waals surface area contributed by atoms with E-state index in [4.69, 9.17) is 5.73 Å². The minimum Gasteiger partial charge on any atom is -0.375 e. The van der Waals surface area contributed by atoms with Crippen LogP contribution >= 0.6 is 11.3 Å². The smallest absolute Gasteiger partial charge is 0.217 e. The lowest BCUT2D eigenvalue weighted by Crippen LogP contribution is -2.01. The van der Waals surface area contributed by atoms with Crippen molar-refractivity contribution in [1.29, 1.82) is 0 Å². The number of aryl methyl sites for hydroxylation is 2. The Hall–Kier alpha value is -1.40. The average Bonchev–Trinajstić information content (AvgIpc) is 2.58. The number of anilines is 1. The average molecular weight is 268 g/mol. The molecule has 0 saturated carbocycles. The molecule has 6 heteroatoms. The van der Waals surface area contributed by atoms with E-state index in [-0.39, 0.29) is 14.2 Å². The Balaban J connectivity index is 2.62. The maximum absolute atomic E-state index is 12.3. The molecule has 2 rings (SSSR count). The standard InChI is InChI=1S/C11H12N2O2S2/c1-7-4-3-5-9(6-7)17(14,15)10-8(2)13-11(12)16-10/h3-6H,1-2H3,(H2,12,13). The number of hydrogen-bond acceptors (Lipinski definition) is 5. The van der Waals surface area contributed by atoms with Gasteiger partial charge in [-0.05, 0) is 31.5 Å². The molecule has 4 nitrogen and oxygen atoms in total. The summed E-state index contributed by atoms with van der Waals surface area (Å²) in [5, 5.41) is 0.272. The van der Waals surface area contributed by atoms with Gasteiger partial charge in [-0.15, -0.1) is 0 Å². The van der Waals surface area contributed by atoms with Gasteiger partial charge in [0, 0.05) is 0 Å². The van der Waals surface area contributed by atoms with E-state index in [0.29, 0.717) is 5.69 Å². The number of nitrogens with two attached hydrogens (primary N) is 1. The number of nitrogen functional groups attached to an aromatic ring is 1. The fraction of sp³-hybridized carbons (Fsp3) is 0.182. The highest BCUT2D eigenvalue weighted by Crippen LogP contribution is 2.30. The SMILES string of the molecule is Cc1cccc(S(=O)(=O)c2sc(N)nc2C)c1. The van der Waals surface area contributed by atoms with Crippen LogP contribution in [0.1, 0.15) is 11.3 Å². The third-order valence-electron chi connectivity index (χ3n) is 2.31. The Morgan fingerprint density at radius 2 is 2.00 bits per heavy atom. The van der Waals surface area contributed by atoms with Gasteiger partial charge in [-0.3, -0.25) is 0 Å². The summed E-state index contributed by atoms with van der Waals surface area (Å²) >= 11 is 1.00. The lowest BCUT2D eigenvalue weighted by Gasteiger charge is -2.03. The Morgan fingerprint density at radius 3 is 2.53 bits per heavy atom. The van der Waals surface area contributed by atoms with Crippen LogP contribution in [-0.2, 0) is 9.84 Å². The van der Waals surface area contributed by atoms with Crippen LogP contribution < -0.4 is 5.73 Å². The highest BCUT2D eigenvalue weighted by Gasteiger charge is 2.23. The van der Waals surface area contributed by atoms with Gasteiger partial charge in [-0.2, -0.15) is 0 Å². The summed E-state index contributed by atoms with van der Waals surface area (Å²) in [6.07, 6.45) is 0. The predicted octanol–water partition coefficient (Wildman–Crippen LogP) is 2.17. The largest absolute Gasteiger partial charge is 0.375 e. The van der Waals surface area contributed by atoms with Crippen molar-refractivity contribution in [3.8, 4) is 0 Å². The van der Waals surface area contributed by atoms with Crippen LogP contribution in [0.15, 0.2) is 33.4 Å². The van der Waals surface area contributed by atoms with E-state index >= 15 is 0 Å². The topological polar surface area (TPSA) is 73.0 Å². The lowest BCUT2D eigenvalue weighted by molar-refractivity contribution is 0.597. The van der Waals surface area contributed by atoms with Crippen molar-refractivity contribution < 1.29 is 8.42 Å². The second kappa shape index (κ2) is 4.12. The molecule has 0 aliphatic carbocycles. The molecule has 0 spiro atoms. The molecule has 2 N–H and O–H groups in total. The second-order valence-electron chi connectivity index (χ2n) is 3.74. The molecule has 2 aromatic rings. The van der Waals surface area contributed by atoms with E-state index in [1.807, 2.05) is 13.0 Å². The number of benzene rings is 1. The van der Waals surface area contributed by atoms with Gasteiger partial charge in [0.25, 0.3) is 0 Å². The van der Waals surface area contributed by atoms with Gasteiger partial charge in [0.05, 0.1) is 10.6 Å². The van der Waals surface area contributed by atoms with Crippen LogP contribution in [-0.4, -0.2) is 13.4 Å². The summed E-state index contributed by atoms with van der Waals surface area (Å²) in [7, 11) is -3.50. The molecule has 17 heavy (non-hydrogen) atoms. The molecule has 0 bridgehead atoms. The molecule has 0 saturated heterocycles. The van der Waals surface area contributed by atoms with Crippen LogP contribution in [0.3, 0.4) is 0 Å². The van der Waals surface area contributed by atoms with Crippen molar-refractivity contribution in [3.63, 3.8) is 0 Å². The van der Waals surface area contributed by atoms with Crippen LogP contribution in [0.5, 0.6) is 0 Å². The summed E-state index contributed by atoms with van der Waals surface area (Å²) in [4.78, 5) is 4.22. The molecular formula is C11H12N2O2S2. The maximum Gasteiger partial charge on any atom is 0.217 e. The van der Waals surface area contributed by atoms with Gasteiger partial charge >= 0.3 is 0 Å². The summed E-state index contributed by atoms with van der Waals surface area (Å²) in [6, 6.07) is 6.80. The van der Waals surface area contributed by atoms with Gasteiger partial charge in [-0.25, -0.2) is 13.4 Å². The molecule has 0 fully saturated rings. The normalized spacial score (nSPS) is 11.6. The summed E-state index contributed by atoms with van der Waals surface area (Å²) < 4.78 is 24.9. The third-order valence-corrected chi connectivity index (χ3v) is 5.66. The summed E-state index contributed by atoms with van der Waals surface area (Å²) in [5.41, 5.74) is 6.88. The molecule has 90 valence electrons. The fourth-order valence-electron chi connectivity index (χ4n) is 1.54. The number of sulfone groups is 1. The van der Waals surface area contributed by atoms with Crippen molar-refractivity contribution >= 4 is 26.3 Å². The van der Waals surface area contributed by atoms with Gasteiger partial charge in [0.2, 0.25) is 9.84 Å². The zero-order valence-electron chi connectivity index (χ0n) is 9.47. The molecule has 1 heterocycles. The number of thiazole rings is 1. The Kier molecular flexibility index (Phi) is 2.92. The van der Waals surface area contributed by atoms with Crippen LogP contribution in [0.2, 0.25) is 0 Å². The van der Waals surface area contributed by atoms with E-state index < -0.39 is 9.84 Å². The molecule has 0 unspecified atom stereocenters. The van der Waals surface area contributed by atoms with Crippen LogP contribution in [0.25, 0.3) is 0 Å². The minimum atomic E-state index is -3.50. The van der Waals surface area contributed by atoms with E-state index in [2.05, 4.69) is 4.98 Å². The van der Waals surface area contributed by atoms with Gasteiger partial charge in [0.15, 0.2) is 5.13 Å². The first-order chi connectivity index (χ1) is 7.91. The van der Waals surface area contributed by atoms with Crippen molar-refractivity contribution in [2.24, 2.45) is 0 Å². The first kappa shape index (κ1) is 12.1. The van der Waals surface area contributed by atoms with Gasteiger partial charge in [-0.1, -0.05) is 23.5 Å². The molecule has 1 aromatic carbocycles. The highest BCUT2D eigenvalue weighted by atomic mass is 32.2. The van der Waals surface area contributed by atoms with E-state index in [1.54, 1.807) is 25.1 Å². The molecule has 1 aromatic heterocycles. The van der Waals surface area contributed by atoms with Crippen LogP contribution in [0, 0.1) is 13.8 Å². The first-order valence-electron chi connectivity index (χ1n) is 4.96. The molecule has 0 aliphatic rings. The summed E-state index contributed by atoms with van der Waals surface area (Å²) in [6.45, 7) is 3.50. The molecule has 0 amide bonds. The van der Waals surface area contributed by atoms with Crippen LogP contribution in [0.4, 0.5) is 5.13 Å². The molecular weight excluding hydrogens is 256 g/mol. The third kappa shape index (κ3) is 2.18. The van der Waals surface area contributed by atoms with E-state index in [0.717, 1.165) is 16.9 Å². The molecule has 0 radical (unpaired) electrons. The van der Waals surface area contributed by atoms with Gasteiger partial charge in [0.1, 0.15) is 4.21 Å². The first-order valence-corrected chi connectivity index (χ1v) is 7.26. The highest BCUT2D eigenvalue weighted by molar-refractivity contribution is 7.93. The van der Waals surface area contributed by atoms with Crippen molar-refractivity contribution in [2.45, 2.75) is 23.0 Å². The quantitative estimate of drug-likeness (QED) is 0.906. The van der Waals surface area contributed by atoms with E-state index in [1.165, 1.54) is 0 Å². The van der Waals surface area contributed by atoms with Crippen molar-refractivity contribution in [3.05, 3.63) is 35.5 Å². The van der Waals surface area contributed by atoms with E-state index in [9.17, 15) is 8.42 Å². The number of hydrogen-bond donors (Lipinski definition) is 1. The van der Waals surface area contributed by atoms with Gasteiger partial charge < -0.3 is 5.73 Å². The second-order valence-corrected chi connectivity index (χ2v) is 6.92. The minimum absolute atomic E-state index is 0.223. The predicted molar refractivity (Wildman–Crippen MR) is 67.9 cm³/mol. The van der Waals surface area contributed by atoms with Crippen molar-refractivity contribution in [1.82, 2.24) is 4.98 Å². The maximum atomic E-state index is 12.3. The summed E-state index contributed by atoms with van der Waals surface area (Å²) in [5.74, 6) is 0.